The summed E-state index contributed by atoms with van der Waals surface area (Å²) in [5, 5.41) is 8.30. The third-order valence-electron chi connectivity index (χ3n) is 3.52. The molecular weight excluding hydrogens is 226 g/mol. The standard InChI is InChI=1S/C14H17N3O/c15-12-7-5-10(6-8-12)9-13-16-17-14(18-13)11-3-1-2-4-11/h5-8,11H,1-4,9,15H2. The van der Waals surface area contributed by atoms with Gasteiger partial charge >= 0.3 is 0 Å². The first-order valence-corrected chi connectivity index (χ1v) is 6.48. The molecule has 0 saturated heterocycles. The maximum atomic E-state index is 5.75. The van der Waals surface area contributed by atoms with E-state index in [1.807, 2.05) is 24.3 Å². The van der Waals surface area contributed by atoms with Gasteiger partial charge in [-0.25, -0.2) is 0 Å². The van der Waals surface area contributed by atoms with Crippen molar-refractivity contribution in [1.29, 1.82) is 0 Å². The van der Waals surface area contributed by atoms with Crippen LogP contribution in [0.15, 0.2) is 28.7 Å². The van der Waals surface area contributed by atoms with Crippen LogP contribution in [-0.4, -0.2) is 10.2 Å². The quantitative estimate of drug-likeness (QED) is 0.842. The van der Waals surface area contributed by atoms with Crippen molar-refractivity contribution in [2.75, 3.05) is 5.73 Å². The maximum Gasteiger partial charge on any atom is 0.220 e. The predicted octanol–water partition coefficient (Wildman–Crippen LogP) is 2.90. The molecule has 18 heavy (non-hydrogen) atoms. The molecule has 94 valence electrons. The van der Waals surface area contributed by atoms with E-state index in [9.17, 15) is 0 Å². The van der Waals surface area contributed by atoms with Crippen molar-refractivity contribution >= 4 is 5.69 Å². The molecule has 0 amide bonds. The number of hydrogen-bond donors (Lipinski definition) is 1. The van der Waals surface area contributed by atoms with Gasteiger partial charge in [-0.05, 0) is 30.5 Å². The van der Waals surface area contributed by atoms with E-state index in [1.165, 1.54) is 25.7 Å². The van der Waals surface area contributed by atoms with Crippen LogP contribution in [0, 0.1) is 0 Å². The van der Waals surface area contributed by atoms with Crippen LogP contribution in [0.3, 0.4) is 0 Å². The Balaban J connectivity index is 1.71. The van der Waals surface area contributed by atoms with Gasteiger partial charge < -0.3 is 10.2 Å². The zero-order valence-electron chi connectivity index (χ0n) is 10.3. The molecule has 2 aromatic rings. The molecule has 1 heterocycles. The van der Waals surface area contributed by atoms with Gasteiger partial charge in [0.25, 0.3) is 0 Å². The number of hydrogen-bond acceptors (Lipinski definition) is 4. The second-order valence-corrected chi connectivity index (χ2v) is 4.93. The molecule has 1 aliphatic carbocycles. The van der Waals surface area contributed by atoms with E-state index in [1.54, 1.807) is 0 Å². The minimum Gasteiger partial charge on any atom is -0.425 e. The summed E-state index contributed by atoms with van der Waals surface area (Å²) >= 11 is 0. The molecule has 1 saturated carbocycles. The van der Waals surface area contributed by atoms with Crippen LogP contribution in [0.4, 0.5) is 5.69 Å². The van der Waals surface area contributed by atoms with Crippen molar-refractivity contribution in [3.8, 4) is 0 Å². The number of nitrogen functional groups attached to an aromatic ring is 1. The normalized spacial score (nSPS) is 16.2. The van der Waals surface area contributed by atoms with Gasteiger partial charge in [-0.1, -0.05) is 25.0 Å². The third kappa shape index (κ3) is 2.37. The molecule has 2 N–H and O–H groups in total. The second-order valence-electron chi connectivity index (χ2n) is 4.93. The summed E-state index contributed by atoms with van der Waals surface area (Å²) < 4.78 is 5.75. The van der Waals surface area contributed by atoms with Gasteiger partial charge in [0.2, 0.25) is 11.8 Å². The third-order valence-corrected chi connectivity index (χ3v) is 3.52. The van der Waals surface area contributed by atoms with Gasteiger partial charge in [-0.15, -0.1) is 10.2 Å². The minimum atomic E-state index is 0.484. The van der Waals surface area contributed by atoms with Crippen molar-refractivity contribution in [1.82, 2.24) is 10.2 Å². The van der Waals surface area contributed by atoms with Gasteiger partial charge in [0.15, 0.2) is 0 Å². The molecule has 0 atom stereocenters. The lowest BCUT2D eigenvalue weighted by Gasteiger charge is -2.01. The van der Waals surface area contributed by atoms with Crippen LogP contribution in [0.1, 0.15) is 48.9 Å². The van der Waals surface area contributed by atoms with E-state index in [4.69, 9.17) is 10.2 Å². The van der Waals surface area contributed by atoms with E-state index in [0.717, 1.165) is 17.1 Å². The predicted molar refractivity (Wildman–Crippen MR) is 69.2 cm³/mol. The summed E-state index contributed by atoms with van der Waals surface area (Å²) in [6.07, 6.45) is 5.60. The summed E-state index contributed by atoms with van der Waals surface area (Å²) in [6, 6.07) is 7.77. The average molecular weight is 243 g/mol. The minimum absolute atomic E-state index is 0.484. The average Bonchev–Trinajstić information content (AvgIpc) is 3.02. The largest absolute Gasteiger partial charge is 0.425 e. The Hall–Kier alpha value is -1.84. The highest BCUT2D eigenvalue weighted by Gasteiger charge is 2.22. The van der Waals surface area contributed by atoms with Gasteiger partial charge in [-0.2, -0.15) is 0 Å². The van der Waals surface area contributed by atoms with Crippen LogP contribution in [0.2, 0.25) is 0 Å². The molecule has 1 aromatic carbocycles. The molecule has 0 unspecified atom stereocenters. The Kier molecular flexibility index (Phi) is 3.00. The summed E-state index contributed by atoms with van der Waals surface area (Å²) in [5.74, 6) is 2.00. The maximum absolute atomic E-state index is 5.75. The molecular formula is C14H17N3O. The fraction of sp³-hybridized carbons (Fsp3) is 0.429. The van der Waals surface area contributed by atoms with Gasteiger partial charge in [0.1, 0.15) is 0 Å². The Morgan fingerprint density at radius 3 is 2.56 bits per heavy atom. The first-order valence-electron chi connectivity index (χ1n) is 6.48. The lowest BCUT2D eigenvalue weighted by Crippen LogP contribution is -1.91. The van der Waals surface area contributed by atoms with Crippen molar-refractivity contribution in [3.63, 3.8) is 0 Å². The summed E-state index contributed by atoms with van der Waals surface area (Å²) in [4.78, 5) is 0. The van der Waals surface area contributed by atoms with E-state index >= 15 is 0 Å². The summed E-state index contributed by atoms with van der Waals surface area (Å²) in [5.41, 5.74) is 7.57. The van der Waals surface area contributed by atoms with E-state index in [0.29, 0.717) is 18.2 Å². The fourth-order valence-corrected chi connectivity index (χ4v) is 2.49. The van der Waals surface area contributed by atoms with Crippen LogP contribution in [0.25, 0.3) is 0 Å². The highest BCUT2D eigenvalue weighted by molar-refractivity contribution is 5.39. The smallest absolute Gasteiger partial charge is 0.220 e. The van der Waals surface area contributed by atoms with Crippen molar-refractivity contribution < 1.29 is 4.42 Å². The van der Waals surface area contributed by atoms with E-state index < -0.39 is 0 Å². The number of nitrogens with two attached hydrogens (primary N) is 1. The summed E-state index contributed by atoms with van der Waals surface area (Å²) in [6.45, 7) is 0. The Bertz CT molecular complexity index is 512. The van der Waals surface area contributed by atoms with E-state index in [-0.39, 0.29) is 0 Å². The monoisotopic (exact) mass is 243 g/mol. The molecule has 4 heteroatoms. The highest BCUT2D eigenvalue weighted by Crippen LogP contribution is 2.33. The molecule has 0 radical (unpaired) electrons. The first-order chi connectivity index (χ1) is 8.81. The molecule has 0 bridgehead atoms. The second kappa shape index (κ2) is 4.80. The number of benzene rings is 1. The molecule has 0 aliphatic heterocycles. The zero-order chi connectivity index (χ0) is 12.4. The number of rotatable bonds is 3. The molecule has 3 rings (SSSR count). The Morgan fingerprint density at radius 1 is 1.11 bits per heavy atom. The van der Waals surface area contributed by atoms with Crippen LogP contribution < -0.4 is 5.73 Å². The molecule has 1 fully saturated rings. The Labute approximate surface area is 106 Å². The van der Waals surface area contributed by atoms with Gasteiger partial charge in [0, 0.05) is 11.6 Å². The lowest BCUT2D eigenvalue weighted by atomic mass is 10.1. The van der Waals surface area contributed by atoms with Crippen LogP contribution >= 0.6 is 0 Å². The number of anilines is 1. The van der Waals surface area contributed by atoms with Crippen molar-refractivity contribution in [3.05, 3.63) is 41.6 Å². The zero-order valence-corrected chi connectivity index (χ0v) is 10.3. The topological polar surface area (TPSA) is 64.9 Å². The fourth-order valence-electron chi connectivity index (χ4n) is 2.49. The molecule has 1 aromatic heterocycles. The molecule has 4 nitrogen and oxygen atoms in total. The van der Waals surface area contributed by atoms with Gasteiger partial charge in [0.05, 0.1) is 6.42 Å². The highest BCUT2D eigenvalue weighted by atomic mass is 16.4. The lowest BCUT2D eigenvalue weighted by molar-refractivity contribution is 0.422. The van der Waals surface area contributed by atoms with Crippen LogP contribution in [0.5, 0.6) is 0 Å². The van der Waals surface area contributed by atoms with Gasteiger partial charge in [-0.3, -0.25) is 0 Å². The summed E-state index contributed by atoms with van der Waals surface area (Å²) in [7, 11) is 0. The Morgan fingerprint density at radius 2 is 1.83 bits per heavy atom. The number of aromatic nitrogens is 2. The molecule has 0 spiro atoms. The van der Waals surface area contributed by atoms with E-state index in [2.05, 4.69) is 10.2 Å². The van der Waals surface area contributed by atoms with Crippen molar-refractivity contribution in [2.45, 2.75) is 38.0 Å². The SMILES string of the molecule is Nc1ccc(Cc2nnc(C3CCCC3)o2)cc1. The van der Waals surface area contributed by atoms with Crippen molar-refractivity contribution in [2.24, 2.45) is 0 Å². The van der Waals surface area contributed by atoms with Crippen LogP contribution in [-0.2, 0) is 6.42 Å². The molecule has 1 aliphatic rings. The number of nitrogens with zero attached hydrogens (tertiary/aromatic N) is 2. The first kappa shape index (κ1) is 11.3.